The lowest BCUT2D eigenvalue weighted by Gasteiger charge is -2.20. The van der Waals surface area contributed by atoms with Gasteiger partial charge in [0.25, 0.3) is 5.91 Å². The highest BCUT2D eigenvalue weighted by Gasteiger charge is 2.31. The normalized spacial score (nSPS) is 13.2. The van der Waals surface area contributed by atoms with Gasteiger partial charge in [-0.15, -0.1) is 0 Å². The zero-order chi connectivity index (χ0) is 20.9. The Balaban J connectivity index is 2.19. The van der Waals surface area contributed by atoms with E-state index >= 15 is 0 Å². The Morgan fingerprint density at radius 1 is 1.11 bits per heavy atom. The van der Waals surface area contributed by atoms with Gasteiger partial charge in [-0.25, -0.2) is 8.42 Å². The van der Waals surface area contributed by atoms with Gasteiger partial charge >= 0.3 is 6.18 Å². The Kier molecular flexibility index (Phi) is 6.87. The Hall–Kier alpha value is -2.35. The molecule has 0 radical (unpaired) electrons. The molecule has 0 bridgehead atoms. The number of carbonyl (C=O) groups is 1. The fourth-order valence-electron chi connectivity index (χ4n) is 2.84. The fourth-order valence-corrected chi connectivity index (χ4v) is 3.64. The lowest BCUT2D eigenvalue weighted by atomic mass is 9.99. The third-order valence-electron chi connectivity index (χ3n) is 4.14. The van der Waals surface area contributed by atoms with Gasteiger partial charge in [-0.2, -0.15) is 13.2 Å². The number of benzene rings is 2. The molecule has 0 aromatic heterocycles. The Morgan fingerprint density at radius 2 is 1.75 bits per heavy atom. The molecular formula is C20H22F3NO3S. The first-order chi connectivity index (χ1) is 13.0. The first-order valence-electron chi connectivity index (χ1n) is 8.74. The minimum absolute atomic E-state index is 0.127. The van der Waals surface area contributed by atoms with Crippen LogP contribution in [-0.4, -0.2) is 20.6 Å². The molecule has 0 saturated carbocycles. The summed E-state index contributed by atoms with van der Waals surface area (Å²) in [6, 6.07) is 10.5. The van der Waals surface area contributed by atoms with Crippen molar-refractivity contribution in [3.63, 3.8) is 0 Å². The van der Waals surface area contributed by atoms with Crippen LogP contribution in [0.5, 0.6) is 0 Å². The molecule has 0 spiro atoms. The van der Waals surface area contributed by atoms with E-state index in [1.165, 1.54) is 18.2 Å². The first kappa shape index (κ1) is 21.9. The highest BCUT2D eigenvalue weighted by molar-refractivity contribution is 7.89. The molecule has 4 nitrogen and oxygen atoms in total. The molecule has 1 N–H and O–H groups in total. The Labute approximate surface area is 162 Å². The Morgan fingerprint density at radius 3 is 2.29 bits per heavy atom. The average molecular weight is 413 g/mol. The minimum atomic E-state index is -4.45. The highest BCUT2D eigenvalue weighted by Crippen LogP contribution is 2.31. The van der Waals surface area contributed by atoms with E-state index < -0.39 is 33.5 Å². The quantitative estimate of drug-likeness (QED) is 0.726. The largest absolute Gasteiger partial charge is 0.416 e. The van der Waals surface area contributed by atoms with E-state index in [4.69, 9.17) is 0 Å². The number of rotatable bonds is 7. The van der Waals surface area contributed by atoms with Crippen molar-refractivity contribution in [3.8, 4) is 0 Å². The molecule has 0 aliphatic carbocycles. The molecule has 2 aromatic carbocycles. The van der Waals surface area contributed by atoms with Gasteiger partial charge in [0, 0.05) is 11.8 Å². The van der Waals surface area contributed by atoms with Gasteiger partial charge in [0.05, 0.1) is 17.4 Å². The SMILES string of the molecule is CCCC(NC(=O)c1ccc(CS(C)(=O)=O)cc1)c1cccc(C(F)(F)F)c1. The van der Waals surface area contributed by atoms with Gasteiger partial charge in [-0.05, 0) is 41.8 Å². The summed E-state index contributed by atoms with van der Waals surface area (Å²) in [5.41, 5.74) is 0.497. The number of hydrogen-bond donors (Lipinski definition) is 1. The van der Waals surface area contributed by atoms with Crippen molar-refractivity contribution in [1.29, 1.82) is 0 Å². The van der Waals surface area contributed by atoms with Crippen molar-refractivity contribution < 1.29 is 26.4 Å². The maximum atomic E-state index is 13.0. The summed E-state index contributed by atoms with van der Waals surface area (Å²) in [5, 5.41) is 2.77. The molecule has 0 heterocycles. The number of sulfone groups is 1. The van der Waals surface area contributed by atoms with Crippen LogP contribution >= 0.6 is 0 Å². The summed E-state index contributed by atoms with van der Waals surface area (Å²) in [6.45, 7) is 1.88. The molecular weight excluding hydrogens is 391 g/mol. The summed E-state index contributed by atoms with van der Waals surface area (Å²) < 4.78 is 61.6. The molecule has 28 heavy (non-hydrogen) atoms. The number of halogens is 3. The van der Waals surface area contributed by atoms with E-state index in [1.54, 1.807) is 18.2 Å². The topological polar surface area (TPSA) is 63.2 Å². The summed E-state index contributed by atoms with van der Waals surface area (Å²) in [6.07, 6.45) is -2.17. The predicted molar refractivity (Wildman–Crippen MR) is 102 cm³/mol. The van der Waals surface area contributed by atoms with E-state index in [9.17, 15) is 26.4 Å². The van der Waals surface area contributed by atoms with Crippen LogP contribution in [0.4, 0.5) is 13.2 Å². The fraction of sp³-hybridized carbons (Fsp3) is 0.350. The van der Waals surface area contributed by atoms with Gasteiger partial charge in [0.2, 0.25) is 0 Å². The van der Waals surface area contributed by atoms with E-state index in [0.29, 0.717) is 29.5 Å². The van der Waals surface area contributed by atoms with Crippen LogP contribution in [0.15, 0.2) is 48.5 Å². The molecule has 0 fully saturated rings. The zero-order valence-electron chi connectivity index (χ0n) is 15.6. The van der Waals surface area contributed by atoms with Crippen molar-refractivity contribution in [2.75, 3.05) is 6.26 Å². The van der Waals surface area contributed by atoms with Crippen LogP contribution < -0.4 is 5.32 Å². The van der Waals surface area contributed by atoms with Crippen LogP contribution in [0.1, 0.15) is 52.9 Å². The molecule has 152 valence electrons. The predicted octanol–water partition coefficient (Wildman–Crippen LogP) is 4.52. The third-order valence-corrected chi connectivity index (χ3v) is 5.00. The van der Waals surface area contributed by atoms with Gasteiger partial charge in [-0.3, -0.25) is 4.79 Å². The van der Waals surface area contributed by atoms with Crippen LogP contribution in [0.25, 0.3) is 0 Å². The van der Waals surface area contributed by atoms with E-state index in [0.717, 1.165) is 18.4 Å². The van der Waals surface area contributed by atoms with Gasteiger partial charge in [0.1, 0.15) is 0 Å². The monoisotopic (exact) mass is 413 g/mol. The van der Waals surface area contributed by atoms with E-state index in [1.807, 2.05) is 6.92 Å². The van der Waals surface area contributed by atoms with Crippen molar-refractivity contribution >= 4 is 15.7 Å². The Bertz CT molecular complexity index is 922. The van der Waals surface area contributed by atoms with Crippen molar-refractivity contribution in [3.05, 3.63) is 70.8 Å². The molecule has 0 saturated heterocycles. The average Bonchev–Trinajstić information content (AvgIpc) is 2.60. The lowest BCUT2D eigenvalue weighted by Crippen LogP contribution is -2.28. The maximum absolute atomic E-state index is 13.0. The zero-order valence-corrected chi connectivity index (χ0v) is 16.4. The van der Waals surface area contributed by atoms with Crippen molar-refractivity contribution in [2.24, 2.45) is 0 Å². The summed E-state index contributed by atoms with van der Waals surface area (Å²) >= 11 is 0. The van der Waals surface area contributed by atoms with Gasteiger partial charge in [-0.1, -0.05) is 37.6 Å². The molecule has 1 amide bonds. The molecule has 8 heteroatoms. The standard InChI is InChI=1S/C20H22F3NO3S/c1-3-5-18(16-6-4-7-17(12-16)20(21,22)23)24-19(25)15-10-8-14(9-11-15)13-28(2,26)27/h4,6-12,18H,3,5,13H2,1-2H3,(H,24,25). The number of carbonyl (C=O) groups excluding carboxylic acids is 1. The maximum Gasteiger partial charge on any atom is 0.416 e. The molecule has 1 unspecified atom stereocenters. The number of nitrogens with one attached hydrogen (secondary N) is 1. The number of amides is 1. The van der Waals surface area contributed by atoms with Gasteiger partial charge < -0.3 is 5.32 Å². The highest BCUT2D eigenvalue weighted by atomic mass is 32.2. The van der Waals surface area contributed by atoms with Crippen LogP contribution in [-0.2, 0) is 21.8 Å². The molecule has 0 aliphatic heterocycles. The van der Waals surface area contributed by atoms with E-state index in [2.05, 4.69) is 5.32 Å². The van der Waals surface area contributed by atoms with Gasteiger partial charge in [0.15, 0.2) is 9.84 Å². The molecule has 1 atom stereocenters. The first-order valence-corrected chi connectivity index (χ1v) is 10.8. The third kappa shape index (κ3) is 6.37. The van der Waals surface area contributed by atoms with Crippen molar-refractivity contribution in [2.45, 2.75) is 37.7 Å². The number of hydrogen-bond acceptors (Lipinski definition) is 3. The second kappa shape index (κ2) is 8.77. The second-order valence-electron chi connectivity index (χ2n) is 6.70. The summed E-state index contributed by atoms with van der Waals surface area (Å²) in [4.78, 5) is 12.5. The molecule has 2 rings (SSSR count). The minimum Gasteiger partial charge on any atom is -0.345 e. The second-order valence-corrected chi connectivity index (χ2v) is 8.85. The molecule has 0 aliphatic rings. The smallest absolute Gasteiger partial charge is 0.345 e. The lowest BCUT2D eigenvalue weighted by molar-refractivity contribution is -0.137. The number of alkyl halides is 3. The molecule has 2 aromatic rings. The summed E-state index contributed by atoms with van der Waals surface area (Å²) in [5.74, 6) is -0.556. The van der Waals surface area contributed by atoms with Crippen molar-refractivity contribution in [1.82, 2.24) is 5.32 Å². The van der Waals surface area contributed by atoms with E-state index in [-0.39, 0.29) is 5.75 Å². The summed E-state index contributed by atoms with van der Waals surface area (Å²) in [7, 11) is -3.18. The van der Waals surface area contributed by atoms with Crippen LogP contribution in [0, 0.1) is 0 Å². The van der Waals surface area contributed by atoms with Crippen LogP contribution in [0.3, 0.4) is 0 Å². The van der Waals surface area contributed by atoms with Crippen LogP contribution in [0.2, 0.25) is 0 Å².